The summed E-state index contributed by atoms with van der Waals surface area (Å²) in [5.74, 6) is 0.537. The van der Waals surface area contributed by atoms with E-state index in [4.69, 9.17) is 4.74 Å². The second kappa shape index (κ2) is 11.9. The zero-order valence-corrected chi connectivity index (χ0v) is 13.8. The van der Waals surface area contributed by atoms with Gasteiger partial charge in [-0.3, -0.25) is 0 Å². The van der Waals surface area contributed by atoms with Crippen LogP contribution in [0.5, 0.6) is 0 Å². The second-order valence-electron chi connectivity index (χ2n) is 4.83. The number of aliphatic hydroxyl groups is 1. The molecule has 122 valence electrons. The molecule has 7 nitrogen and oxygen atoms in total. The predicted octanol–water partition coefficient (Wildman–Crippen LogP) is 0.942. The van der Waals surface area contributed by atoms with Crippen molar-refractivity contribution in [2.24, 2.45) is 0 Å². The number of thioether (sulfide) groups is 1. The smallest absolute Gasteiger partial charge is 0.209 e. The van der Waals surface area contributed by atoms with Crippen LogP contribution >= 0.6 is 11.8 Å². The first kappa shape index (κ1) is 18.3. The van der Waals surface area contributed by atoms with Crippen LogP contribution in [0.15, 0.2) is 5.16 Å². The molecule has 0 saturated heterocycles. The third-order valence-electron chi connectivity index (χ3n) is 2.78. The van der Waals surface area contributed by atoms with Crippen LogP contribution in [0.25, 0.3) is 0 Å². The van der Waals surface area contributed by atoms with Crippen molar-refractivity contribution in [1.82, 2.24) is 25.5 Å². The molecule has 8 heteroatoms. The lowest BCUT2D eigenvalue weighted by Gasteiger charge is -2.10. The summed E-state index contributed by atoms with van der Waals surface area (Å²) < 4.78 is 7.16. The summed E-state index contributed by atoms with van der Waals surface area (Å²) in [6.07, 6.45) is 2.76. The summed E-state index contributed by atoms with van der Waals surface area (Å²) >= 11 is 1.46. The molecule has 21 heavy (non-hydrogen) atoms. The molecule has 0 aliphatic heterocycles. The number of hydrogen-bond donors (Lipinski definition) is 2. The summed E-state index contributed by atoms with van der Waals surface area (Å²) in [6.45, 7) is 7.90. The van der Waals surface area contributed by atoms with E-state index in [1.54, 1.807) is 4.68 Å². The van der Waals surface area contributed by atoms with E-state index in [1.165, 1.54) is 11.8 Å². The molecular formula is C13H27N5O2S. The van der Waals surface area contributed by atoms with Crippen molar-refractivity contribution in [3.05, 3.63) is 0 Å². The number of unbranched alkanes of at least 4 members (excludes halogenated alkanes) is 1. The average Bonchev–Trinajstić information content (AvgIpc) is 2.93. The number of rotatable bonds is 13. The van der Waals surface area contributed by atoms with Gasteiger partial charge in [-0.05, 0) is 29.8 Å². The Labute approximate surface area is 130 Å². The van der Waals surface area contributed by atoms with E-state index in [-0.39, 0.29) is 0 Å². The molecule has 1 rings (SSSR count). The summed E-state index contributed by atoms with van der Waals surface area (Å²) in [5, 5.41) is 25.5. The molecule has 1 aromatic rings. The van der Waals surface area contributed by atoms with Crippen molar-refractivity contribution in [2.45, 2.75) is 50.9 Å². The lowest BCUT2D eigenvalue weighted by atomic mass is 10.3. The Morgan fingerprint density at radius 3 is 2.95 bits per heavy atom. The third-order valence-corrected chi connectivity index (χ3v) is 3.89. The first-order valence-electron chi connectivity index (χ1n) is 7.63. The molecule has 0 fully saturated rings. The molecular weight excluding hydrogens is 290 g/mol. The highest BCUT2D eigenvalue weighted by Crippen LogP contribution is 2.14. The Morgan fingerprint density at radius 2 is 2.19 bits per heavy atom. The van der Waals surface area contributed by atoms with E-state index in [9.17, 15) is 5.11 Å². The number of aromatic nitrogens is 4. The van der Waals surface area contributed by atoms with E-state index >= 15 is 0 Å². The molecule has 0 amide bonds. The maximum absolute atomic E-state index is 9.85. The van der Waals surface area contributed by atoms with Gasteiger partial charge in [0.15, 0.2) is 0 Å². The van der Waals surface area contributed by atoms with Crippen LogP contribution in [-0.2, 0) is 11.3 Å². The monoisotopic (exact) mass is 317 g/mol. The molecule has 0 radical (unpaired) electrons. The summed E-state index contributed by atoms with van der Waals surface area (Å²) in [7, 11) is 0. The molecule has 1 aromatic heterocycles. The van der Waals surface area contributed by atoms with Gasteiger partial charge in [-0.1, -0.05) is 32.0 Å². The van der Waals surface area contributed by atoms with Crippen LogP contribution in [0.1, 0.15) is 33.1 Å². The Bertz CT molecular complexity index is 364. The Kier molecular flexibility index (Phi) is 10.4. The number of nitrogens with one attached hydrogen (secondary N) is 1. The Hall–Kier alpha value is -0.700. The van der Waals surface area contributed by atoms with Gasteiger partial charge in [0, 0.05) is 18.9 Å². The fourth-order valence-electron chi connectivity index (χ4n) is 1.61. The van der Waals surface area contributed by atoms with Crippen molar-refractivity contribution in [3.63, 3.8) is 0 Å². The standard InChI is InChI=1S/C13H27N5O2S/c1-3-5-9-20-10-12(19)11-21-13-15-16-17-18(13)8-7-14-6-4-2/h12,14,19H,3-11H2,1-2H3. The van der Waals surface area contributed by atoms with Crippen molar-refractivity contribution < 1.29 is 9.84 Å². The molecule has 0 aromatic carbocycles. The van der Waals surface area contributed by atoms with Gasteiger partial charge in [0.05, 0.1) is 19.3 Å². The maximum atomic E-state index is 9.85. The molecule has 0 bridgehead atoms. The van der Waals surface area contributed by atoms with Crippen LogP contribution < -0.4 is 5.32 Å². The minimum Gasteiger partial charge on any atom is -0.390 e. The van der Waals surface area contributed by atoms with E-state index in [0.717, 1.165) is 44.1 Å². The highest BCUT2D eigenvalue weighted by Gasteiger charge is 2.10. The summed E-state index contributed by atoms with van der Waals surface area (Å²) in [4.78, 5) is 0. The second-order valence-corrected chi connectivity index (χ2v) is 5.82. The number of nitrogens with zero attached hydrogens (tertiary/aromatic N) is 4. The van der Waals surface area contributed by atoms with Crippen LogP contribution in [-0.4, -0.2) is 63.5 Å². The number of tetrazole rings is 1. The van der Waals surface area contributed by atoms with Crippen molar-refractivity contribution >= 4 is 11.8 Å². The van der Waals surface area contributed by atoms with Crippen molar-refractivity contribution in [3.8, 4) is 0 Å². The van der Waals surface area contributed by atoms with E-state index < -0.39 is 6.10 Å². The van der Waals surface area contributed by atoms with Gasteiger partial charge < -0.3 is 15.2 Å². The van der Waals surface area contributed by atoms with Crippen LogP contribution in [0.4, 0.5) is 0 Å². The van der Waals surface area contributed by atoms with Crippen molar-refractivity contribution in [2.75, 3.05) is 32.1 Å². The highest BCUT2D eigenvalue weighted by molar-refractivity contribution is 7.99. The SMILES string of the molecule is CCCCOCC(O)CSc1nnnn1CCNCCC. The van der Waals surface area contributed by atoms with Gasteiger partial charge in [0.1, 0.15) is 0 Å². The van der Waals surface area contributed by atoms with E-state index in [2.05, 4.69) is 34.7 Å². The maximum Gasteiger partial charge on any atom is 0.209 e. The lowest BCUT2D eigenvalue weighted by molar-refractivity contribution is 0.0473. The molecule has 0 saturated carbocycles. The first-order chi connectivity index (χ1) is 10.3. The average molecular weight is 317 g/mol. The largest absolute Gasteiger partial charge is 0.390 e. The summed E-state index contributed by atoms with van der Waals surface area (Å²) in [6, 6.07) is 0. The van der Waals surface area contributed by atoms with Crippen LogP contribution in [0.3, 0.4) is 0 Å². The Balaban J connectivity index is 2.20. The normalized spacial score (nSPS) is 12.7. The van der Waals surface area contributed by atoms with Gasteiger partial charge in [-0.15, -0.1) is 5.10 Å². The van der Waals surface area contributed by atoms with E-state index in [1.807, 2.05) is 0 Å². The van der Waals surface area contributed by atoms with Gasteiger partial charge in [0.2, 0.25) is 5.16 Å². The highest BCUT2D eigenvalue weighted by atomic mass is 32.2. The minimum absolute atomic E-state index is 0.368. The topological polar surface area (TPSA) is 85.1 Å². The molecule has 1 unspecified atom stereocenters. The fraction of sp³-hybridized carbons (Fsp3) is 0.923. The lowest BCUT2D eigenvalue weighted by Crippen LogP contribution is -2.22. The fourth-order valence-corrected chi connectivity index (χ4v) is 2.42. The van der Waals surface area contributed by atoms with Gasteiger partial charge >= 0.3 is 0 Å². The van der Waals surface area contributed by atoms with Crippen LogP contribution in [0.2, 0.25) is 0 Å². The van der Waals surface area contributed by atoms with Gasteiger partial charge in [-0.2, -0.15) is 0 Å². The number of aliphatic hydroxyl groups excluding tert-OH is 1. The quantitative estimate of drug-likeness (QED) is 0.414. The molecule has 0 spiro atoms. The number of hydrogen-bond acceptors (Lipinski definition) is 7. The molecule has 2 N–H and O–H groups in total. The zero-order chi connectivity index (χ0) is 15.3. The molecule has 1 heterocycles. The summed E-state index contributed by atoms with van der Waals surface area (Å²) in [5.41, 5.74) is 0. The van der Waals surface area contributed by atoms with Crippen molar-refractivity contribution in [1.29, 1.82) is 0 Å². The minimum atomic E-state index is -0.491. The van der Waals surface area contributed by atoms with E-state index in [0.29, 0.717) is 19.0 Å². The molecule has 1 atom stereocenters. The first-order valence-corrected chi connectivity index (χ1v) is 8.62. The van der Waals surface area contributed by atoms with Crippen LogP contribution in [0, 0.1) is 0 Å². The predicted molar refractivity (Wildman–Crippen MR) is 83.4 cm³/mol. The zero-order valence-electron chi connectivity index (χ0n) is 13.0. The Morgan fingerprint density at radius 1 is 1.33 bits per heavy atom. The molecule has 0 aliphatic carbocycles. The third kappa shape index (κ3) is 8.35. The number of ether oxygens (including phenoxy) is 1. The van der Waals surface area contributed by atoms with Gasteiger partial charge in [0.25, 0.3) is 0 Å². The van der Waals surface area contributed by atoms with Gasteiger partial charge in [-0.25, -0.2) is 4.68 Å². The molecule has 0 aliphatic rings.